The third kappa shape index (κ3) is 3.79. The highest BCUT2D eigenvalue weighted by Crippen LogP contribution is 2.16. The molecule has 0 fully saturated rings. The zero-order valence-corrected chi connectivity index (χ0v) is 12.8. The number of carbonyl (C=O) groups is 1. The Labute approximate surface area is 127 Å². The van der Waals surface area contributed by atoms with E-state index in [0.29, 0.717) is 0 Å². The standard InChI is InChI=1S/C14H15N3O4S/c1-9(10-3-5-11(6-4-10)22(2,20)21)15-14(19)12-7-8-13(18)17-16-12/h3-9H,1-2H3,(H,15,19)(H,17,18). The average molecular weight is 321 g/mol. The number of aromatic amines is 1. The number of nitrogens with one attached hydrogen (secondary N) is 2. The molecule has 2 N–H and O–H groups in total. The average Bonchev–Trinajstić information content (AvgIpc) is 2.47. The molecule has 1 aromatic heterocycles. The smallest absolute Gasteiger partial charge is 0.272 e. The van der Waals surface area contributed by atoms with Crippen LogP contribution in [-0.4, -0.2) is 30.8 Å². The molecule has 0 saturated carbocycles. The number of hydrogen-bond donors (Lipinski definition) is 2. The fraction of sp³-hybridized carbons (Fsp3) is 0.214. The Balaban J connectivity index is 2.11. The summed E-state index contributed by atoms with van der Waals surface area (Å²) in [7, 11) is -3.25. The van der Waals surface area contributed by atoms with Crippen LogP contribution in [0.25, 0.3) is 0 Å². The number of carbonyl (C=O) groups excluding carboxylic acids is 1. The lowest BCUT2D eigenvalue weighted by Gasteiger charge is -2.14. The molecule has 1 atom stereocenters. The van der Waals surface area contributed by atoms with Crippen LogP contribution in [0.3, 0.4) is 0 Å². The monoisotopic (exact) mass is 321 g/mol. The molecule has 0 aliphatic carbocycles. The van der Waals surface area contributed by atoms with E-state index < -0.39 is 15.7 Å². The van der Waals surface area contributed by atoms with Gasteiger partial charge in [0.1, 0.15) is 5.69 Å². The zero-order valence-electron chi connectivity index (χ0n) is 12.0. The second-order valence-electron chi connectivity index (χ2n) is 4.84. The number of aromatic nitrogens is 2. The second kappa shape index (κ2) is 6.10. The summed E-state index contributed by atoms with van der Waals surface area (Å²) in [4.78, 5) is 23.1. The quantitative estimate of drug-likeness (QED) is 0.860. The fourth-order valence-corrected chi connectivity index (χ4v) is 2.46. The fourth-order valence-electron chi connectivity index (χ4n) is 1.83. The first-order valence-corrected chi connectivity index (χ1v) is 8.33. The summed E-state index contributed by atoms with van der Waals surface area (Å²) in [5.74, 6) is -0.434. The van der Waals surface area contributed by atoms with Crippen LogP contribution in [0.1, 0.15) is 29.0 Å². The highest BCUT2D eigenvalue weighted by molar-refractivity contribution is 7.90. The van der Waals surface area contributed by atoms with E-state index in [2.05, 4.69) is 15.5 Å². The van der Waals surface area contributed by atoms with Crippen LogP contribution >= 0.6 is 0 Å². The predicted molar refractivity (Wildman–Crippen MR) is 80.3 cm³/mol. The molecule has 22 heavy (non-hydrogen) atoms. The van der Waals surface area contributed by atoms with E-state index in [1.165, 1.54) is 24.3 Å². The number of amides is 1. The lowest BCUT2D eigenvalue weighted by Crippen LogP contribution is -2.28. The number of sulfone groups is 1. The zero-order chi connectivity index (χ0) is 16.3. The van der Waals surface area contributed by atoms with Gasteiger partial charge in [-0.2, -0.15) is 5.10 Å². The minimum Gasteiger partial charge on any atom is -0.344 e. The molecule has 7 nitrogen and oxygen atoms in total. The highest BCUT2D eigenvalue weighted by Gasteiger charge is 2.14. The van der Waals surface area contributed by atoms with Crippen molar-refractivity contribution in [3.05, 3.63) is 58.0 Å². The van der Waals surface area contributed by atoms with Crippen LogP contribution in [0.2, 0.25) is 0 Å². The lowest BCUT2D eigenvalue weighted by molar-refractivity contribution is 0.0933. The third-order valence-electron chi connectivity index (χ3n) is 3.07. The van der Waals surface area contributed by atoms with Gasteiger partial charge in [-0.3, -0.25) is 9.59 Å². The van der Waals surface area contributed by atoms with Crippen molar-refractivity contribution < 1.29 is 13.2 Å². The number of benzene rings is 1. The summed E-state index contributed by atoms with van der Waals surface area (Å²) in [5, 5.41) is 8.54. The molecule has 0 radical (unpaired) electrons. The maximum Gasteiger partial charge on any atom is 0.272 e. The molecule has 0 aliphatic rings. The van der Waals surface area contributed by atoms with E-state index >= 15 is 0 Å². The van der Waals surface area contributed by atoms with E-state index in [1.807, 2.05) is 0 Å². The van der Waals surface area contributed by atoms with Crippen molar-refractivity contribution in [2.24, 2.45) is 0 Å². The first kappa shape index (κ1) is 15.9. The molecule has 0 spiro atoms. The molecule has 1 amide bonds. The van der Waals surface area contributed by atoms with Gasteiger partial charge in [0.15, 0.2) is 9.84 Å². The number of hydrogen-bond acceptors (Lipinski definition) is 5. The molecular formula is C14H15N3O4S. The first-order chi connectivity index (χ1) is 10.3. The largest absolute Gasteiger partial charge is 0.344 e. The van der Waals surface area contributed by atoms with Crippen LogP contribution in [0, 0.1) is 0 Å². The number of H-pyrrole nitrogens is 1. The molecule has 1 unspecified atom stereocenters. The number of nitrogens with zero attached hydrogens (tertiary/aromatic N) is 1. The van der Waals surface area contributed by atoms with E-state index in [1.54, 1.807) is 19.1 Å². The van der Waals surface area contributed by atoms with Gasteiger partial charge in [0, 0.05) is 12.3 Å². The van der Waals surface area contributed by atoms with Gasteiger partial charge < -0.3 is 5.32 Å². The minimum absolute atomic E-state index is 0.0965. The van der Waals surface area contributed by atoms with Gasteiger partial charge >= 0.3 is 0 Å². The maximum atomic E-state index is 12.0. The van der Waals surface area contributed by atoms with Crippen molar-refractivity contribution in [2.45, 2.75) is 17.9 Å². The van der Waals surface area contributed by atoms with Crippen LogP contribution in [0.5, 0.6) is 0 Å². The maximum absolute atomic E-state index is 12.0. The van der Waals surface area contributed by atoms with Gasteiger partial charge in [-0.05, 0) is 30.7 Å². The Morgan fingerprint density at radius 3 is 2.32 bits per heavy atom. The van der Waals surface area contributed by atoms with Gasteiger partial charge in [-0.1, -0.05) is 12.1 Å². The van der Waals surface area contributed by atoms with Crippen LogP contribution < -0.4 is 10.9 Å². The van der Waals surface area contributed by atoms with Crippen molar-refractivity contribution in [2.75, 3.05) is 6.26 Å². The highest BCUT2D eigenvalue weighted by atomic mass is 32.2. The Morgan fingerprint density at radius 2 is 1.82 bits per heavy atom. The Kier molecular flexibility index (Phi) is 4.41. The molecule has 2 rings (SSSR count). The van der Waals surface area contributed by atoms with Crippen LogP contribution in [0.4, 0.5) is 0 Å². The summed E-state index contributed by atoms with van der Waals surface area (Å²) in [5.41, 5.74) is 0.463. The minimum atomic E-state index is -3.25. The van der Waals surface area contributed by atoms with E-state index in [4.69, 9.17) is 0 Å². The van der Waals surface area contributed by atoms with Gasteiger partial charge in [0.25, 0.3) is 11.5 Å². The molecule has 1 aromatic carbocycles. The van der Waals surface area contributed by atoms with Crippen LogP contribution in [-0.2, 0) is 9.84 Å². The molecule has 0 aliphatic heterocycles. The molecular weight excluding hydrogens is 306 g/mol. The Morgan fingerprint density at radius 1 is 1.18 bits per heavy atom. The van der Waals surface area contributed by atoms with Gasteiger partial charge in [-0.25, -0.2) is 13.5 Å². The number of rotatable bonds is 4. The third-order valence-corrected chi connectivity index (χ3v) is 4.20. The van der Waals surface area contributed by atoms with E-state index in [-0.39, 0.29) is 22.2 Å². The summed E-state index contributed by atoms with van der Waals surface area (Å²) in [6.45, 7) is 1.76. The van der Waals surface area contributed by atoms with Gasteiger partial charge in [0.05, 0.1) is 10.9 Å². The van der Waals surface area contributed by atoms with Crippen molar-refractivity contribution in [3.8, 4) is 0 Å². The van der Waals surface area contributed by atoms with Crippen molar-refractivity contribution in [1.82, 2.24) is 15.5 Å². The van der Waals surface area contributed by atoms with Crippen molar-refractivity contribution in [3.63, 3.8) is 0 Å². The molecule has 0 bridgehead atoms. The Bertz CT molecular complexity index is 821. The summed E-state index contributed by atoms with van der Waals surface area (Å²) in [6.07, 6.45) is 1.13. The predicted octanol–water partition coefficient (Wildman–Crippen LogP) is 0.664. The normalized spacial score (nSPS) is 12.6. The molecule has 8 heteroatoms. The van der Waals surface area contributed by atoms with Gasteiger partial charge in [-0.15, -0.1) is 0 Å². The summed E-state index contributed by atoms with van der Waals surface area (Å²) >= 11 is 0. The summed E-state index contributed by atoms with van der Waals surface area (Å²) in [6, 6.07) is 8.47. The Hall–Kier alpha value is -2.48. The van der Waals surface area contributed by atoms with Crippen molar-refractivity contribution >= 4 is 15.7 Å². The van der Waals surface area contributed by atoms with E-state index in [0.717, 1.165) is 11.8 Å². The second-order valence-corrected chi connectivity index (χ2v) is 6.86. The topological polar surface area (TPSA) is 109 Å². The molecule has 2 aromatic rings. The van der Waals surface area contributed by atoms with Crippen LogP contribution in [0.15, 0.2) is 46.1 Å². The molecule has 0 saturated heterocycles. The van der Waals surface area contributed by atoms with E-state index in [9.17, 15) is 18.0 Å². The molecule has 116 valence electrons. The van der Waals surface area contributed by atoms with Gasteiger partial charge in [0.2, 0.25) is 0 Å². The lowest BCUT2D eigenvalue weighted by atomic mass is 10.1. The first-order valence-electron chi connectivity index (χ1n) is 6.44. The molecule has 1 heterocycles. The SMILES string of the molecule is CC(NC(=O)c1ccc(=O)[nH]n1)c1ccc(S(C)(=O)=O)cc1. The summed E-state index contributed by atoms with van der Waals surface area (Å²) < 4.78 is 22.8. The van der Waals surface area contributed by atoms with Crippen molar-refractivity contribution in [1.29, 1.82) is 0 Å².